The van der Waals surface area contributed by atoms with Crippen LogP contribution in [0.3, 0.4) is 0 Å². The Balaban J connectivity index is 2.67. The van der Waals surface area contributed by atoms with Crippen molar-refractivity contribution in [1.82, 2.24) is 15.3 Å². The Bertz CT molecular complexity index is 557. The molecule has 1 aromatic rings. The molecule has 4 N–H and O–H groups in total. The lowest BCUT2D eigenvalue weighted by molar-refractivity contribution is -0.155. The number of carbonyl (C=O) groups excluding carboxylic acids is 2. The van der Waals surface area contributed by atoms with Gasteiger partial charge in [0.2, 0.25) is 0 Å². The topological polar surface area (TPSA) is 128 Å². The summed E-state index contributed by atoms with van der Waals surface area (Å²) in [5.41, 5.74) is 1.88. The Morgan fingerprint density at radius 1 is 1.33 bits per heavy atom. The minimum absolute atomic E-state index is 0.0367. The van der Waals surface area contributed by atoms with Crippen LogP contribution in [0.4, 0.5) is 0 Å². The summed E-state index contributed by atoms with van der Waals surface area (Å²) in [6.07, 6.45) is 0.521. The quantitative estimate of drug-likeness (QED) is 0.273. The number of hydrogen-bond donors (Lipinski definition) is 4. The van der Waals surface area contributed by atoms with Gasteiger partial charge in [0.05, 0.1) is 6.61 Å². The maximum atomic E-state index is 11.9. The molecule has 10 heteroatoms. The van der Waals surface area contributed by atoms with E-state index in [4.69, 9.17) is 10.0 Å². The average Bonchev–Trinajstić information content (AvgIpc) is 2.60. The van der Waals surface area contributed by atoms with Crippen LogP contribution in [0, 0.1) is 0 Å². The van der Waals surface area contributed by atoms with Gasteiger partial charge in [-0.2, -0.15) is 0 Å². The molecule has 24 heavy (non-hydrogen) atoms. The molecular weight excluding hydrogens is 338 g/mol. The van der Waals surface area contributed by atoms with Crippen molar-refractivity contribution >= 4 is 23.1 Å². The summed E-state index contributed by atoms with van der Waals surface area (Å²) in [4.78, 5) is 28.7. The maximum absolute atomic E-state index is 11.9. The third-order valence-electron chi connectivity index (χ3n) is 2.98. The van der Waals surface area contributed by atoms with Crippen LogP contribution in [0.5, 0.6) is 0 Å². The maximum Gasteiger partial charge on any atom is 0.264 e. The zero-order chi connectivity index (χ0) is 17.9. The largest absolute Gasteiger partial charge is 0.352 e. The molecular formula is C14H21N3O6S. The minimum atomic E-state index is -2.58. The van der Waals surface area contributed by atoms with Crippen molar-refractivity contribution in [2.24, 2.45) is 0 Å². The van der Waals surface area contributed by atoms with E-state index >= 15 is 0 Å². The van der Waals surface area contributed by atoms with E-state index in [1.165, 1.54) is 5.48 Å². The molecule has 0 heterocycles. The third kappa shape index (κ3) is 6.34. The van der Waals surface area contributed by atoms with E-state index in [1.54, 1.807) is 37.3 Å². The number of hydrogen-bond acceptors (Lipinski definition) is 5. The lowest BCUT2D eigenvalue weighted by Gasteiger charge is -2.25. The molecule has 0 spiro atoms. The highest BCUT2D eigenvalue weighted by Crippen LogP contribution is 2.09. The first-order valence-electron chi connectivity index (χ1n) is 7.31. The Morgan fingerprint density at radius 3 is 2.54 bits per heavy atom. The summed E-state index contributed by atoms with van der Waals surface area (Å²) in [5.74, 6) is -1.26. The van der Waals surface area contributed by atoms with Gasteiger partial charge in [-0.3, -0.25) is 24.2 Å². The van der Waals surface area contributed by atoms with Gasteiger partial charge < -0.3 is 5.32 Å². The summed E-state index contributed by atoms with van der Waals surface area (Å²) in [6, 6.07) is 7.22. The molecule has 2 atom stereocenters. The molecule has 0 aromatic heterocycles. The van der Waals surface area contributed by atoms with Crippen LogP contribution in [-0.2, 0) is 20.9 Å². The SMILES string of the molecule is CCCON([C@H](CCNC(=O)c1ccccc1)C(=O)NO)S(=O)O. The molecule has 0 aliphatic rings. The number of benzene rings is 1. The van der Waals surface area contributed by atoms with Gasteiger partial charge in [0.25, 0.3) is 23.1 Å². The van der Waals surface area contributed by atoms with Gasteiger partial charge in [-0.25, -0.2) is 9.69 Å². The number of rotatable bonds is 10. The zero-order valence-corrected chi connectivity index (χ0v) is 14.0. The van der Waals surface area contributed by atoms with Crippen LogP contribution in [0.15, 0.2) is 30.3 Å². The standard InChI is InChI=1S/C14H21N3O6S/c1-2-10-23-17(24(21)22)12(14(19)16-20)8-9-15-13(18)11-6-4-3-5-7-11/h3-7,12,20H,2,8-10H2,1H3,(H,15,18)(H,16,19)(H,21,22)/t12-/m1/s1. The van der Waals surface area contributed by atoms with Gasteiger partial charge in [-0.05, 0) is 25.0 Å². The molecule has 134 valence electrons. The molecule has 0 aliphatic carbocycles. The van der Waals surface area contributed by atoms with Crippen molar-refractivity contribution in [2.75, 3.05) is 13.2 Å². The van der Waals surface area contributed by atoms with Crippen molar-refractivity contribution in [3.8, 4) is 0 Å². The molecule has 0 saturated carbocycles. The first kappa shape index (κ1) is 20.2. The van der Waals surface area contributed by atoms with Crippen LogP contribution in [0.25, 0.3) is 0 Å². The highest BCUT2D eigenvalue weighted by atomic mass is 32.2. The van der Waals surface area contributed by atoms with E-state index < -0.39 is 23.2 Å². The normalized spacial score (nSPS) is 13.3. The second kappa shape index (κ2) is 10.8. The second-order valence-electron chi connectivity index (χ2n) is 4.75. The third-order valence-corrected chi connectivity index (χ3v) is 3.65. The molecule has 9 nitrogen and oxygen atoms in total. The summed E-state index contributed by atoms with van der Waals surface area (Å²) < 4.78 is 21.2. The van der Waals surface area contributed by atoms with E-state index in [0.29, 0.717) is 16.5 Å². The van der Waals surface area contributed by atoms with E-state index in [0.717, 1.165) is 0 Å². The van der Waals surface area contributed by atoms with E-state index in [1.807, 2.05) is 0 Å². The van der Waals surface area contributed by atoms with Crippen LogP contribution >= 0.6 is 0 Å². The highest BCUT2D eigenvalue weighted by molar-refractivity contribution is 7.76. The van der Waals surface area contributed by atoms with E-state index in [2.05, 4.69) is 5.32 Å². The van der Waals surface area contributed by atoms with Gasteiger partial charge in [0.15, 0.2) is 0 Å². The number of nitrogens with one attached hydrogen (secondary N) is 2. The van der Waals surface area contributed by atoms with Crippen molar-refractivity contribution in [1.29, 1.82) is 0 Å². The van der Waals surface area contributed by atoms with Crippen molar-refractivity contribution in [3.05, 3.63) is 35.9 Å². The molecule has 0 fully saturated rings. The smallest absolute Gasteiger partial charge is 0.264 e. The summed E-state index contributed by atoms with van der Waals surface area (Å²) >= 11 is -2.58. The monoisotopic (exact) mass is 359 g/mol. The average molecular weight is 359 g/mol. The van der Waals surface area contributed by atoms with E-state index in [9.17, 15) is 18.4 Å². The number of nitrogens with zero attached hydrogens (tertiary/aromatic N) is 1. The van der Waals surface area contributed by atoms with Crippen LogP contribution in [-0.4, -0.2) is 49.4 Å². The fraction of sp³-hybridized carbons (Fsp3) is 0.429. The molecule has 0 radical (unpaired) electrons. The molecule has 0 saturated heterocycles. The number of carbonyl (C=O) groups is 2. The first-order valence-corrected chi connectivity index (χ1v) is 8.38. The zero-order valence-electron chi connectivity index (χ0n) is 13.2. The summed E-state index contributed by atoms with van der Waals surface area (Å²) in [5, 5.41) is 11.4. The second-order valence-corrected chi connectivity index (χ2v) is 5.57. The van der Waals surface area contributed by atoms with Gasteiger partial charge >= 0.3 is 0 Å². The molecule has 1 unspecified atom stereocenters. The van der Waals surface area contributed by atoms with Gasteiger partial charge in [0.1, 0.15) is 6.04 Å². The Hall–Kier alpha value is -1.85. The van der Waals surface area contributed by atoms with Gasteiger partial charge in [-0.15, -0.1) is 0 Å². The summed E-state index contributed by atoms with van der Waals surface area (Å²) in [7, 11) is 0. The lowest BCUT2D eigenvalue weighted by atomic mass is 10.2. The fourth-order valence-electron chi connectivity index (χ4n) is 1.85. The Kier molecular flexibility index (Phi) is 9.12. The molecule has 1 aromatic carbocycles. The van der Waals surface area contributed by atoms with Crippen molar-refractivity contribution in [2.45, 2.75) is 25.8 Å². The molecule has 1 rings (SSSR count). The number of amides is 2. The molecule has 2 amide bonds. The lowest BCUT2D eigenvalue weighted by Crippen LogP contribution is -2.48. The van der Waals surface area contributed by atoms with Crippen molar-refractivity contribution in [3.63, 3.8) is 0 Å². The van der Waals surface area contributed by atoms with Crippen LogP contribution in [0.1, 0.15) is 30.1 Å². The number of hydroxylamine groups is 2. The van der Waals surface area contributed by atoms with Crippen molar-refractivity contribution < 1.29 is 28.4 Å². The van der Waals surface area contributed by atoms with Crippen LogP contribution < -0.4 is 10.8 Å². The summed E-state index contributed by atoms with van der Waals surface area (Å²) in [6.45, 7) is 1.95. The fourth-order valence-corrected chi connectivity index (χ4v) is 2.43. The van der Waals surface area contributed by atoms with E-state index in [-0.39, 0.29) is 25.5 Å². The predicted octanol–water partition coefficient (Wildman–Crippen LogP) is 0.461. The van der Waals surface area contributed by atoms with Crippen LogP contribution in [0.2, 0.25) is 0 Å². The Morgan fingerprint density at radius 2 is 2.00 bits per heavy atom. The minimum Gasteiger partial charge on any atom is -0.352 e. The predicted molar refractivity (Wildman–Crippen MR) is 86.0 cm³/mol. The highest BCUT2D eigenvalue weighted by Gasteiger charge is 2.30. The van der Waals surface area contributed by atoms with Gasteiger partial charge in [0, 0.05) is 12.1 Å². The van der Waals surface area contributed by atoms with Gasteiger partial charge in [-0.1, -0.05) is 29.6 Å². The molecule has 0 bridgehead atoms. The first-order chi connectivity index (χ1) is 11.5. The molecule has 0 aliphatic heterocycles. The Labute approximate surface area is 142 Å².